The maximum Gasteiger partial charge on any atom is 0.126 e. The van der Waals surface area contributed by atoms with Crippen molar-refractivity contribution >= 4 is 5.82 Å². The quantitative estimate of drug-likeness (QED) is 0.852. The van der Waals surface area contributed by atoms with Crippen molar-refractivity contribution in [1.82, 2.24) is 4.98 Å². The zero-order valence-corrected chi connectivity index (χ0v) is 9.18. The van der Waals surface area contributed by atoms with E-state index in [2.05, 4.69) is 4.98 Å². The lowest BCUT2D eigenvalue weighted by Crippen LogP contribution is -1.99. The van der Waals surface area contributed by atoms with Crippen LogP contribution in [0.5, 0.6) is 5.75 Å². The van der Waals surface area contributed by atoms with E-state index in [0.29, 0.717) is 5.82 Å². The van der Waals surface area contributed by atoms with Gasteiger partial charge in [0.15, 0.2) is 0 Å². The van der Waals surface area contributed by atoms with Gasteiger partial charge >= 0.3 is 0 Å². The predicted molar refractivity (Wildman–Crippen MR) is 64.4 cm³/mol. The van der Waals surface area contributed by atoms with Crippen LogP contribution in [-0.2, 0) is 6.42 Å². The summed E-state index contributed by atoms with van der Waals surface area (Å²) in [4.78, 5) is 4.07. The molecule has 0 atom stereocenters. The molecule has 0 fully saturated rings. The third-order valence-electron chi connectivity index (χ3n) is 2.50. The molecular weight excluding hydrogens is 200 g/mol. The van der Waals surface area contributed by atoms with Gasteiger partial charge in [-0.25, -0.2) is 4.98 Å². The predicted octanol–water partition coefficient (Wildman–Crippen LogP) is 2.26. The first-order valence-corrected chi connectivity index (χ1v) is 5.12. The second-order valence-corrected chi connectivity index (χ2v) is 3.54. The van der Waals surface area contributed by atoms with Crippen LogP contribution in [0.3, 0.4) is 0 Å². The van der Waals surface area contributed by atoms with Crippen molar-refractivity contribution in [3.05, 3.63) is 53.7 Å². The van der Waals surface area contributed by atoms with Crippen LogP contribution in [0, 0.1) is 0 Å². The zero-order chi connectivity index (χ0) is 11.4. The molecule has 1 heterocycles. The number of hydrogen-bond acceptors (Lipinski definition) is 3. The SMILES string of the molecule is COc1ccccc1Cc1cccnc1N. The zero-order valence-electron chi connectivity index (χ0n) is 9.18. The summed E-state index contributed by atoms with van der Waals surface area (Å²) in [5, 5.41) is 0. The van der Waals surface area contributed by atoms with Crippen molar-refractivity contribution in [3.8, 4) is 5.75 Å². The Morgan fingerprint density at radius 2 is 1.88 bits per heavy atom. The van der Waals surface area contributed by atoms with Gasteiger partial charge in [0.25, 0.3) is 0 Å². The van der Waals surface area contributed by atoms with Crippen LogP contribution >= 0.6 is 0 Å². The van der Waals surface area contributed by atoms with E-state index in [9.17, 15) is 0 Å². The lowest BCUT2D eigenvalue weighted by Gasteiger charge is -2.09. The molecule has 0 saturated carbocycles. The largest absolute Gasteiger partial charge is 0.496 e. The molecule has 16 heavy (non-hydrogen) atoms. The highest BCUT2D eigenvalue weighted by Gasteiger charge is 2.05. The molecule has 1 aromatic heterocycles. The monoisotopic (exact) mass is 214 g/mol. The van der Waals surface area contributed by atoms with Crippen molar-refractivity contribution in [3.63, 3.8) is 0 Å². The van der Waals surface area contributed by atoms with Gasteiger partial charge in [0.05, 0.1) is 7.11 Å². The van der Waals surface area contributed by atoms with Crippen LogP contribution < -0.4 is 10.5 Å². The van der Waals surface area contributed by atoms with E-state index in [0.717, 1.165) is 23.3 Å². The van der Waals surface area contributed by atoms with Crippen LogP contribution in [-0.4, -0.2) is 12.1 Å². The van der Waals surface area contributed by atoms with Gasteiger partial charge in [0.2, 0.25) is 0 Å². The topological polar surface area (TPSA) is 48.1 Å². The molecule has 3 heteroatoms. The molecule has 0 amide bonds. The number of nitrogen functional groups attached to an aromatic ring is 1. The average molecular weight is 214 g/mol. The molecule has 0 unspecified atom stereocenters. The minimum absolute atomic E-state index is 0.577. The van der Waals surface area contributed by atoms with Gasteiger partial charge in [-0.2, -0.15) is 0 Å². The molecule has 2 rings (SSSR count). The Kier molecular flexibility index (Phi) is 3.05. The fourth-order valence-corrected chi connectivity index (χ4v) is 1.65. The van der Waals surface area contributed by atoms with Crippen LogP contribution in [0.15, 0.2) is 42.6 Å². The Bertz CT molecular complexity index is 483. The van der Waals surface area contributed by atoms with Crippen LogP contribution in [0.25, 0.3) is 0 Å². The first-order valence-electron chi connectivity index (χ1n) is 5.12. The number of aromatic nitrogens is 1. The molecule has 0 radical (unpaired) electrons. The maximum absolute atomic E-state index is 5.81. The number of anilines is 1. The van der Waals surface area contributed by atoms with E-state index >= 15 is 0 Å². The number of hydrogen-bond donors (Lipinski definition) is 1. The molecule has 0 bridgehead atoms. The molecule has 0 saturated heterocycles. The second-order valence-electron chi connectivity index (χ2n) is 3.54. The molecule has 2 N–H and O–H groups in total. The average Bonchev–Trinajstić information content (AvgIpc) is 2.33. The first kappa shape index (κ1) is 10.5. The van der Waals surface area contributed by atoms with Crippen molar-refractivity contribution in [2.45, 2.75) is 6.42 Å². The van der Waals surface area contributed by atoms with Gasteiger partial charge in [-0.15, -0.1) is 0 Å². The second kappa shape index (κ2) is 4.66. The third-order valence-corrected chi connectivity index (χ3v) is 2.50. The lowest BCUT2D eigenvalue weighted by molar-refractivity contribution is 0.410. The summed E-state index contributed by atoms with van der Waals surface area (Å²) < 4.78 is 5.30. The van der Waals surface area contributed by atoms with Gasteiger partial charge in [-0.3, -0.25) is 0 Å². The molecule has 0 aliphatic heterocycles. The number of nitrogens with zero attached hydrogens (tertiary/aromatic N) is 1. The normalized spacial score (nSPS) is 10.1. The summed E-state index contributed by atoms with van der Waals surface area (Å²) >= 11 is 0. The molecule has 3 nitrogen and oxygen atoms in total. The Hall–Kier alpha value is -2.03. The third kappa shape index (κ3) is 2.14. The summed E-state index contributed by atoms with van der Waals surface area (Å²) in [6, 6.07) is 11.8. The van der Waals surface area contributed by atoms with E-state index in [-0.39, 0.29) is 0 Å². The van der Waals surface area contributed by atoms with Gasteiger partial charge in [0, 0.05) is 12.6 Å². The fourth-order valence-electron chi connectivity index (χ4n) is 1.65. The summed E-state index contributed by atoms with van der Waals surface area (Å²) in [5.74, 6) is 1.46. The van der Waals surface area contributed by atoms with Crippen LogP contribution in [0.1, 0.15) is 11.1 Å². The summed E-state index contributed by atoms with van der Waals surface area (Å²) in [7, 11) is 1.67. The summed E-state index contributed by atoms with van der Waals surface area (Å²) in [6.07, 6.45) is 2.44. The van der Waals surface area contributed by atoms with Crippen molar-refractivity contribution in [1.29, 1.82) is 0 Å². The highest BCUT2D eigenvalue weighted by Crippen LogP contribution is 2.22. The minimum atomic E-state index is 0.577. The molecule has 82 valence electrons. The highest BCUT2D eigenvalue weighted by molar-refractivity contribution is 5.45. The molecular formula is C13H14N2O. The Labute approximate surface area is 94.9 Å². The molecule has 0 aliphatic carbocycles. The van der Waals surface area contributed by atoms with Crippen LogP contribution in [0.2, 0.25) is 0 Å². The summed E-state index contributed by atoms with van der Waals surface area (Å²) in [6.45, 7) is 0. The smallest absolute Gasteiger partial charge is 0.126 e. The number of nitrogens with two attached hydrogens (primary N) is 1. The van der Waals surface area contributed by atoms with Gasteiger partial charge in [-0.1, -0.05) is 24.3 Å². The molecule has 0 spiro atoms. The van der Waals surface area contributed by atoms with E-state index < -0.39 is 0 Å². The molecule has 0 aliphatic rings. The Morgan fingerprint density at radius 3 is 2.62 bits per heavy atom. The minimum Gasteiger partial charge on any atom is -0.496 e. The van der Waals surface area contributed by atoms with E-state index in [4.69, 9.17) is 10.5 Å². The molecule has 1 aromatic carbocycles. The number of rotatable bonds is 3. The van der Waals surface area contributed by atoms with Gasteiger partial charge in [0.1, 0.15) is 11.6 Å². The van der Waals surface area contributed by atoms with E-state index in [1.165, 1.54) is 0 Å². The summed E-state index contributed by atoms with van der Waals surface area (Å²) in [5.41, 5.74) is 7.94. The van der Waals surface area contributed by atoms with Gasteiger partial charge in [-0.05, 0) is 23.3 Å². The van der Waals surface area contributed by atoms with Crippen LogP contribution in [0.4, 0.5) is 5.82 Å². The first-order chi connectivity index (χ1) is 7.81. The van der Waals surface area contributed by atoms with Crippen molar-refractivity contribution < 1.29 is 4.74 Å². The number of methoxy groups -OCH3 is 1. The molecule has 2 aromatic rings. The lowest BCUT2D eigenvalue weighted by atomic mass is 10.0. The van der Waals surface area contributed by atoms with E-state index in [1.54, 1.807) is 13.3 Å². The standard InChI is InChI=1S/C13H14N2O/c1-16-12-7-3-2-5-10(12)9-11-6-4-8-15-13(11)14/h2-8H,9H2,1H3,(H2,14,15). The number of pyridine rings is 1. The highest BCUT2D eigenvalue weighted by atomic mass is 16.5. The van der Waals surface area contributed by atoms with Crippen molar-refractivity contribution in [2.75, 3.05) is 12.8 Å². The number of ether oxygens (including phenoxy) is 1. The number of para-hydroxylation sites is 1. The number of benzene rings is 1. The Morgan fingerprint density at radius 1 is 1.12 bits per heavy atom. The van der Waals surface area contributed by atoms with E-state index in [1.807, 2.05) is 36.4 Å². The maximum atomic E-state index is 5.81. The fraction of sp³-hybridized carbons (Fsp3) is 0.154. The van der Waals surface area contributed by atoms with Crippen molar-refractivity contribution in [2.24, 2.45) is 0 Å². The van der Waals surface area contributed by atoms with Gasteiger partial charge < -0.3 is 10.5 Å². The Balaban J connectivity index is 2.30.